The first-order valence-corrected chi connectivity index (χ1v) is 10.6. The Bertz CT molecular complexity index is 885. The van der Waals surface area contributed by atoms with E-state index in [0.717, 1.165) is 22.8 Å². The Morgan fingerprint density at radius 2 is 2.12 bits per heavy atom. The zero-order valence-electron chi connectivity index (χ0n) is 15.0. The first kappa shape index (κ1) is 18.3. The van der Waals surface area contributed by atoms with Crippen LogP contribution in [0.1, 0.15) is 49.2 Å². The van der Waals surface area contributed by atoms with Gasteiger partial charge in [-0.25, -0.2) is 13.1 Å². The molecule has 3 heterocycles. The predicted octanol–water partition coefficient (Wildman–Crippen LogP) is 2.67. The van der Waals surface area contributed by atoms with Gasteiger partial charge in [-0.15, -0.1) is 0 Å². The van der Waals surface area contributed by atoms with Gasteiger partial charge < -0.3 is 5.32 Å². The van der Waals surface area contributed by atoms with Crippen molar-refractivity contribution in [3.63, 3.8) is 0 Å². The van der Waals surface area contributed by atoms with Gasteiger partial charge in [-0.1, -0.05) is 25.4 Å². The zero-order chi connectivity index (χ0) is 18.4. The summed E-state index contributed by atoms with van der Waals surface area (Å²) in [6.45, 7) is 6.59. The number of aryl methyl sites for hydroxylation is 2. The van der Waals surface area contributed by atoms with Crippen molar-refractivity contribution in [3.8, 4) is 0 Å². The van der Waals surface area contributed by atoms with Crippen molar-refractivity contribution in [1.82, 2.24) is 19.6 Å². The minimum atomic E-state index is -2.96. The first-order chi connectivity index (χ1) is 11.7. The monoisotopic (exact) mass is 385 g/mol. The van der Waals surface area contributed by atoms with Crippen molar-refractivity contribution in [2.75, 3.05) is 16.8 Å². The van der Waals surface area contributed by atoms with Gasteiger partial charge >= 0.3 is 0 Å². The largest absolute Gasteiger partial charge is 0.366 e. The second-order valence-corrected chi connectivity index (χ2v) is 9.55. The molecule has 0 aliphatic carbocycles. The summed E-state index contributed by atoms with van der Waals surface area (Å²) in [5.41, 5.74) is 2.78. The third-order valence-corrected chi connectivity index (χ3v) is 6.73. The van der Waals surface area contributed by atoms with Crippen LogP contribution in [-0.2, 0) is 23.4 Å². The molecule has 0 bridgehead atoms. The van der Waals surface area contributed by atoms with Gasteiger partial charge in [0, 0.05) is 25.2 Å². The van der Waals surface area contributed by atoms with E-state index in [1.165, 1.54) is 0 Å². The average Bonchev–Trinajstić information content (AvgIpc) is 3.15. The summed E-state index contributed by atoms with van der Waals surface area (Å²) in [5, 5.41) is 13.0. The van der Waals surface area contributed by atoms with Crippen LogP contribution in [0.5, 0.6) is 0 Å². The fourth-order valence-corrected chi connectivity index (χ4v) is 5.16. The number of hydrogen-bond acceptors (Lipinski definition) is 5. The highest BCUT2D eigenvalue weighted by Gasteiger charge is 2.31. The molecule has 7 nitrogen and oxygen atoms in total. The molecule has 1 atom stereocenters. The molecule has 1 aliphatic rings. The third kappa shape index (κ3) is 3.69. The van der Waals surface area contributed by atoms with Crippen molar-refractivity contribution in [2.24, 2.45) is 7.05 Å². The van der Waals surface area contributed by atoms with E-state index in [-0.39, 0.29) is 23.5 Å². The molecule has 2 aromatic rings. The maximum Gasteiger partial charge on any atom is 0.152 e. The van der Waals surface area contributed by atoms with Crippen molar-refractivity contribution < 1.29 is 8.42 Å². The fraction of sp³-hybridized carbons (Fsp3) is 0.625. The lowest BCUT2D eigenvalue weighted by Crippen LogP contribution is -2.16. The number of anilines is 1. The molecule has 0 saturated carbocycles. The lowest BCUT2D eigenvalue weighted by Gasteiger charge is -2.15. The van der Waals surface area contributed by atoms with Crippen LogP contribution in [-0.4, -0.2) is 39.5 Å². The van der Waals surface area contributed by atoms with Crippen molar-refractivity contribution in [1.29, 1.82) is 0 Å². The van der Waals surface area contributed by atoms with E-state index in [4.69, 9.17) is 11.6 Å². The number of nitrogens with one attached hydrogen (secondary N) is 1. The zero-order valence-corrected chi connectivity index (χ0v) is 16.5. The summed E-state index contributed by atoms with van der Waals surface area (Å²) in [7, 11) is -1.13. The molecule has 25 heavy (non-hydrogen) atoms. The Balaban J connectivity index is 1.84. The second-order valence-electron chi connectivity index (χ2n) is 6.96. The Kier molecular flexibility index (Phi) is 4.85. The number of halogens is 1. The molecule has 138 valence electrons. The minimum Gasteiger partial charge on any atom is -0.366 e. The number of sulfone groups is 1. The molecule has 0 amide bonds. The number of hydrogen-bond donors (Lipinski definition) is 1. The van der Waals surface area contributed by atoms with Crippen LogP contribution in [0.4, 0.5) is 5.82 Å². The Morgan fingerprint density at radius 1 is 1.40 bits per heavy atom. The van der Waals surface area contributed by atoms with Gasteiger partial charge in [0.05, 0.1) is 28.9 Å². The van der Waals surface area contributed by atoms with E-state index in [0.29, 0.717) is 18.1 Å². The van der Waals surface area contributed by atoms with E-state index in [1.54, 1.807) is 9.36 Å². The van der Waals surface area contributed by atoms with Gasteiger partial charge in [0.25, 0.3) is 0 Å². The van der Waals surface area contributed by atoms with Gasteiger partial charge in [-0.3, -0.25) is 4.68 Å². The molecule has 0 spiro atoms. The quantitative estimate of drug-likeness (QED) is 0.855. The minimum absolute atomic E-state index is 0.116. The molecular weight excluding hydrogens is 362 g/mol. The first-order valence-electron chi connectivity index (χ1n) is 8.39. The number of rotatable bonds is 5. The third-order valence-electron chi connectivity index (χ3n) is 4.51. The van der Waals surface area contributed by atoms with E-state index < -0.39 is 9.84 Å². The molecule has 1 N–H and O–H groups in total. The Hall–Kier alpha value is -1.54. The van der Waals surface area contributed by atoms with Crippen LogP contribution in [0.3, 0.4) is 0 Å². The topological polar surface area (TPSA) is 81.8 Å². The van der Waals surface area contributed by atoms with Crippen LogP contribution in [0.2, 0.25) is 5.15 Å². The molecule has 1 unspecified atom stereocenters. The molecule has 0 radical (unpaired) electrons. The van der Waals surface area contributed by atoms with Gasteiger partial charge in [0.2, 0.25) is 0 Å². The molecule has 3 rings (SSSR count). The molecule has 2 aromatic heterocycles. The van der Waals surface area contributed by atoms with Gasteiger partial charge in [0.15, 0.2) is 9.84 Å². The molecular formula is C16H24ClN5O2S. The lowest BCUT2D eigenvalue weighted by molar-refractivity contribution is 0.501. The van der Waals surface area contributed by atoms with Crippen LogP contribution < -0.4 is 5.32 Å². The highest BCUT2D eigenvalue weighted by Crippen LogP contribution is 2.29. The SMILES string of the molecule is Cc1cc(NCc2c(C(C)C)nn(C)c2Cl)n(C2CCS(=O)(=O)C2)n1. The molecule has 9 heteroatoms. The normalized spacial score (nSPS) is 19.7. The lowest BCUT2D eigenvalue weighted by atomic mass is 10.1. The van der Waals surface area contributed by atoms with Gasteiger partial charge in [0.1, 0.15) is 11.0 Å². The van der Waals surface area contributed by atoms with Crippen LogP contribution in [0.25, 0.3) is 0 Å². The number of aromatic nitrogens is 4. The van der Waals surface area contributed by atoms with E-state index >= 15 is 0 Å². The second kappa shape index (κ2) is 6.64. The fourth-order valence-electron chi connectivity index (χ4n) is 3.27. The maximum atomic E-state index is 11.8. The highest BCUT2D eigenvalue weighted by atomic mass is 35.5. The summed E-state index contributed by atoms with van der Waals surface area (Å²) in [6, 6.07) is 1.82. The van der Waals surface area contributed by atoms with Crippen LogP contribution in [0.15, 0.2) is 6.07 Å². The standard InChI is InChI=1S/C16H24ClN5O2S/c1-10(2)15-13(16(17)21(4)20-15)8-18-14-7-11(3)19-22(14)12-5-6-25(23,24)9-12/h7,10,12,18H,5-6,8-9H2,1-4H3. The average molecular weight is 386 g/mol. The molecule has 1 aliphatic heterocycles. The van der Waals surface area contributed by atoms with Crippen molar-refractivity contribution in [2.45, 2.75) is 45.7 Å². The van der Waals surface area contributed by atoms with Crippen LogP contribution >= 0.6 is 11.6 Å². The molecule has 1 saturated heterocycles. The summed E-state index contributed by atoms with van der Waals surface area (Å²) in [4.78, 5) is 0. The smallest absolute Gasteiger partial charge is 0.152 e. The van der Waals surface area contributed by atoms with E-state index in [1.807, 2.05) is 20.0 Å². The number of nitrogens with zero attached hydrogens (tertiary/aromatic N) is 4. The van der Waals surface area contributed by atoms with Gasteiger partial charge in [-0.2, -0.15) is 10.2 Å². The van der Waals surface area contributed by atoms with Gasteiger partial charge in [-0.05, 0) is 19.3 Å². The predicted molar refractivity (Wildman–Crippen MR) is 98.9 cm³/mol. The Labute approximate surface area is 153 Å². The summed E-state index contributed by atoms with van der Waals surface area (Å²) < 4.78 is 27.1. The van der Waals surface area contributed by atoms with Crippen LogP contribution in [0, 0.1) is 6.92 Å². The summed E-state index contributed by atoms with van der Waals surface area (Å²) in [5.74, 6) is 1.45. The maximum absolute atomic E-state index is 11.8. The highest BCUT2D eigenvalue weighted by molar-refractivity contribution is 7.91. The van der Waals surface area contributed by atoms with Crippen molar-refractivity contribution in [3.05, 3.63) is 28.2 Å². The summed E-state index contributed by atoms with van der Waals surface area (Å²) in [6.07, 6.45) is 0.600. The molecule has 0 aromatic carbocycles. The molecule has 1 fully saturated rings. The summed E-state index contributed by atoms with van der Waals surface area (Å²) >= 11 is 6.39. The van der Waals surface area contributed by atoms with E-state index in [9.17, 15) is 8.42 Å². The van der Waals surface area contributed by atoms with Crippen molar-refractivity contribution >= 4 is 27.3 Å². The van der Waals surface area contributed by atoms with E-state index in [2.05, 4.69) is 29.4 Å². The Morgan fingerprint density at radius 3 is 2.72 bits per heavy atom.